The highest BCUT2D eigenvalue weighted by Crippen LogP contribution is 2.38. The number of hydrogen-bond acceptors (Lipinski definition) is 6. The van der Waals surface area contributed by atoms with E-state index in [1.54, 1.807) is 24.7 Å². The van der Waals surface area contributed by atoms with Crippen LogP contribution in [-0.4, -0.2) is 24.7 Å². The van der Waals surface area contributed by atoms with Crippen molar-refractivity contribution in [2.45, 2.75) is 30.5 Å². The second-order valence-corrected chi connectivity index (χ2v) is 7.27. The van der Waals surface area contributed by atoms with Gasteiger partial charge in [0.15, 0.2) is 5.09 Å². The molecule has 0 amide bonds. The molecule has 0 unspecified atom stereocenters. The second kappa shape index (κ2) is 7.54. The quantitative estimate of drug-likeness (QED) is 0.465. The maximum Gasteiger partial charge on any atom is 0.231 e. The number of hydrogen-bond donors (Lipinski definition) is 0. The minimum Gasteiger partial charge on any atom is -0.429 e. The van der Waals surface area contributed by atoms with Crippen molar-refractivity contribution < 1.29 is 4.42 Å². The molecular weight excluding hydrogens is 382 g/mol. The molecule has 0 spiro atoms. The van der Waals surface area contributed by atoms with Crippen molar-refractivity contribution >= 4 is 23.4 Å². The van der Waals surface area contributed by atoms with Crippen molar-refractivity contribution in [3.8, 4) is 22.7 Å². The van der Waals surface area contributed by atoms with Crippen molar-refractivity contribution in [1.29, 1.82) is 0 Å². The Hall–Kier alpha value is -2.64. The van der Waals surface area contributed by atoms with Gasteiger partial charge >= 0.3 is 0 Å². The molecule has 0 bridgehead atoms. The van der Waals surface area contributed by atoms with Gasteiger partial charge in [0.25, 0.3) is 0 Å². The van der Waals surface area contributed by atoms with Gasteiger partial charge in [0, 0.05) is 36.4 Å². The Balaban J connectivity index is 1.76. The van der Waals surface area contributed by atoms with Crippen LogP contribution < -0.4 is 0 Å². The second-order valence-electron chi connectivity index (χ2n) is 5.84. The Morgan fingerprint density at radius 2 is 1.96 bits per heavy atom. The van der Waals surface area contributed by atoms with Crippen molar-refractivity contribution in [1.82, 2.24) is 24.7 Å². The fourth-order valence-electron chi connectivity index (χ4n) is 2.45. The molecule has 136 valence electrons. The Morgan fingerprint density at radius 1 is 1.07 bits per heavy atom. The average molecular weight is 398 g/mol. The Bertz CT molecular complexity index is 1060. The molecule has 4 heterocycles. The van der Waals surface area contributed by atoms with Gasteiger partial charge < -0.3 is 4.42 Å². The van der Waals surface area contributed by atoms with E-state index in [-0.39, 0.29) is 0 Å². The smallest absolute Gasteiger partial charge is 0.231 e. The van der Waals surface area contributed by atoms with Gasteiger partial charge in [-0.15, -0.1) is 0 Å². The summed E-state index contributed by atoms with van der Waals surface area (Å²) in [6, 6.07) is 7.58. The van der Waals surface area contributed by atoms with Gasteiger partial charge in [-0.2, -0.15) is 5.10 Å². The first-order valence-corrected chi connectivity index (χ1v) is 9.58. The fraction of sp³-hybridized carbons (Fsp3) is 0.158. The zero-order valence-electron chi connectivity index (χ0n) is 14.8. The molecule has 27 heavy (non-hydrogen) atoms. The molecule has 0 fully saturated rings. The number of pyridine rings is 2. The van der Waals surface area contributed by atoms with Crippen LogP contribution in [0.25, 0.3) is 22.7 Å². The van der Waals surface area contributed by atoms with Crippen LogP contribution in [-0.2, 0) is 6.54 Å². The third-order valence-electron chi connectivity index (χ3n) is 3.88. The summed E-state index contributed by atoms with van der Waals surface area (Å²) in [6.07, 6.45) is 7.07. The Labute approximate surface area is 165 Å². The standard InChI is InChI=1S/C19H16ClN5OS/c1-3-25-11-14(9-23-25)18-24-17(13-5-4-12(2)21-8-13)19(26-18)27-16-7-6-15(20)10-22-16/h4-11H,3H2,1-2H3. The lowest BCUT2D eigenvalue weighted by atomic mass is 10.2. The first-order chi connectivity index (χ1) is 13.1. The minimum atomic E-state index is 0.515. The minimum absolute atomic E-state index is 0.515. The number of oxazole rings is 1. The van der Waals surface area contributed by atoms with E-state index in [1.165, 1.54) is 11.8 Å². The molecule has 0 radical (unpaired) electrons. The van der Waals surface area contributed by atoms with Crippen molar-refractivity contribution in [2.75, 3.05) is 0 Å². The highest BCUT2D eigenvalue weighted by Gasteiger charge is 2.19. The van der Waals surface area contributed by atoms with E-state index in [4.69, 9.17) is 21.0 Å². The lowest BCUT2D eigenvalue weighted by Gasteiger charge is -2.01. The van der Waals surface area contributed by atoms with E-state index in [1.807, 2.05) is 42.9 Å². The molecule has 0 aliphatic rings. The van der Waals surface area contributed by atoms with Gasteiger partial charge in [-0.1, -0.05) is 11.6 Å². The summed E-state index contributed by atoms with van der Waals surface area (Å²) in [5, 5.41) is 6.31. The average Bonchev–Trinajstić information content (AvgIpc) is 3.31. The predicted octanol–water partition coefficient (Wildman–Crippen LogP) is 5.13. The van der Waals surface area contributed by atoms with E-state index in [9.17, 15) is 0 Å². The number of nitrogens with zero attached hydrogens (tertiary/aromatic N) is 5. The SMILES string of the molecule is CCn1cc(-c2nc(-c3ccc(C)nc3)c(Sc3ccc(Cl)cn3)o2)cn1. The summed E-state index contributed by atoms with van der Waals surface area (Å²) < 4.78 is 7.91. The molecule has 0 aliphatic carbocycles. The molecule has 6 nitrogen and oxygen atoms in total. The molecule has 4 rings (SSSR count). The molecule has 0 aromatic carbocycles. The first-order valence-electron chi connectivity index (χ1n) is 8.38. The molecule has 0 saturated heterocycles. The lowest BCUT2D eigenvalue weighted by molar-refractivity contribution is 0.485. The van der Waals surface area contributed by atoms with E-state index in [2.05, 4.69) is 15.1 Å². The normalized spacial score (nSPS) is 11.1. The molecule has 4 aromatic heterocycles. The molecule has 0 N–H and O–H groups in total. The van der Waals surface area contributed by atoms with Crippen LogP contribution in [0, 0.1) is 6.92 Å². The molecule has 0 saturated carbocycles. The maximum absolute atomic E-state index is 6.08. The van der Waals surface area contributed by atoms with Crippen LogP contribution >= 0.6 is 23.4 Å². The van der Waals surface area contributed by atoms with Gasteiger partial charge in [0.2, 0.25) is 5.89 Å². The zero-order valence-corrected chi connectivity index (χ0v) is 16.3. The third kappa shape index (κ3) is 3.89. The topological polar surface area (TPSA) is 69.6 Å². The number of rotatable bonds is 5. The van der Waals surface area contributed by atoms with Crippen LogP contribution in [0.3, 0.4) is 0 Å². The molecule has 0 atom stereocenters. The van der Waals surface area contributed by atoms with Gasteiger partial charge in [-0.05, 0) is 49.9 Å². The molecule has 8 heteroatoms. The molecular formula is C19H16ClN5OS. The number of aromatic nitrogens is 5. The summed E-state index contributed by atoms with van der Waals surface area (Å²) in [5.74, 6) is 0.515. The van der Waals surface area contributed by atoms with Gasteiger partial charge in [0.1, 0.15) is 10.7 Å². The van der Waals surface area contributed by atoms with Crippen LogP contribution in [0.2, 0.25) is 5.02 Å². The van der Waals surface area contributed by atoms with Gasteiger partial charge in [0.05, 0.1) is 16.8 Å². The maximum atomic E-state index is 6.08. The van der Waals surface area contributed by atoms with Crippen LogP contribution in [0.4, 0.5) is 0 Å². The summed E-state index contributed by atoms with van der Waals surface area (Å²) >= 11 is 7.33. The largest absolute Gasteiger partial charge is 0.429 e. The van der Waals surface area contributed by atoms with E-state index >= 15 is 0 Å². The number of aryl methyl sites for hydroxylation is 2. The summed E-state index contributed by atoms with van der Waals surface area (Å²) in [6.45, 7) is 4.76. The van der Waals surface area contributed by atoms with Gasteiger partial charge in [-0.3, -0.25) is 9.67 Å². The van der Waals surface area contributed by atoms with E-state index in [0.717, 1.165) is 34.1 Å². The van der Waals surface area contributed by atoms with Crippen LogP contribution in [0.15, 0.2) is 63.6 Å². The summed E-state index contributed by atoms with van der Waals surface area (Å²) in [4.78, 5) is 13.4. The van der Waals surface area contributed by atoms with Crippen molar-refractivity contribution in [3.05, 3.63) is 59.8 Å². The fourth-order valence-corrected chi connectivity index (χ4v) is 3.38. The predicted molar refractivity (Wildman–Crippen MR) is 105 cm³/mol. The first kappa shape index (κ1) is 17.8. The van der Waals surface area contributed by atoms with Crippen molar-refractivity contribution in [3.63, 3.8) is 0 Å². The Kier molecular flexibility index (Phi) is 4.96. The number of halogens is 1. The van der Waals surface area contributed by atoms with Crippen LogP contribution in [0.1, 0.15) is 12.6 Å². The lowest BCUT2D eigenvalue weighted by Crippen LogP contribution is -1.91. The van der Waals surface area contributed by atoms with Gasteiger partial charge in [-0.25, -0.2) is 9.97 Å². The monoisotopic (exact) mass is 397 g/mol. The van der Waals surface area contributed by atoms with E-state index in [0.29, 0.717) is 16.0 Å². The Morgan fingerprint density at radius 3 is 2.63 bits per heavy atom. The molecule has 0 aliphatic heterocycles. The summed E-state index contributed by atoms with van der Waals surface area (Å²) in [5.41, 5.74) is 3.38. The van der Waals surface area contributed by atoms with Crippen LogP contribution in [0.5, 0.6) is 0 Å². The highest BCUT2D eigenvalue weighted by molar-refractivity contribution is 7.99. The third-order valence-corrected chi connectivity index (χ3v) is 5.02. The molecule has 4 aromatic rings. The summed E-state index contributed by atoms with van der Waals surface area (Å²) in [7, 11) is 0. The van der Waals surface area contributed by atoms with E-state index < -0.39 is 0 Å². The highest BCUT2D eigenvalue weighted by atomic mass is 35.5. The zero-order chi connectivity index (χ0) is 18.8. The van der Waals surface area contributed by atoms with Crippen molar-refractivity contribution in [2.24, 2.45) is 0 Å².